The summed E-state index contributed by atoms with van der Waals surface area (Å²) in [5, 5.41) is 12.1. The third-order valence-corrected chi connectivity index (χ3v) is 3.77. The summed E-state index contributed by atoms with van der Waals surface area (Å²) in [5.41, 5.74) is 0. The molecular weight excluding hydrogens is 224 g/mol. The van der Waals surface area contributed by atoms with Crippen molar-refractivity contribution in [3.63, 3.8) is 0 Å². The summed E-state index contributed by atoms with van der Waals surface area (Å²) in [6, 6.07) is 2.41. The van der Waals surface area contributed by atoms with E-state index in [2.05, 4.69) is 25.2 Å². The molecule has 1 fully saturated rings. The van der Waals surface area contributed by atoms with Crippen LogP contribution in [0.4, 0.5) is 0 Å². The van der Waals surface area contributed by atoms with Gasteiger partial charge in [-0.25, -0.2) is 0 Å². The molecule has 0 aromatic carbocycles. The minimum absolute atomic E-state index is 0.0788. The molecule has 1 aliphatic rings. The molecule has 0 saturated heterocycles. The molecule has 0 aliphatic heterocycles. The molecule has 1 unspecified atom stereocenters. The smallest absolute Gasteiger partial charge is 0.220 e. The summed E-state index contributed by atoms with van der Waals surface area (Å²) < 4.78 is 0. The van der Waals surface area contributed by atoms with Gasteiger partial charge in [0.25, 0.3) is 0 Å². The topological polar surface area (TPSA) is 52.9 Å². The Balaban J connectivity index is 2.26. The number of nitriles is 1. The fourth-order valence-corrected chi connectivity index (χ4v) is 2.64. The van der Waals surface area contributed by atoms with Crippen LogP contribution in [-0.4, -0.2) is 12.5 Å². The van der Waals surface area contributed by atoms with E-state index in [1.807, 2.05) is 0 Å². The molecule has 1 rings (SSSR count). The second-order valence-electron chi connectivity index (χ2n) is 5.87. The number of hydrogen-bond donors (Lipinski definition) is 1. The van der Waals surface area contributed by atoms with Gasteiger partial charge in [0.15, 0.2) is 0 Å². The van der Waals surface area contributed by atoms with Gasteiger partial charge in [-0.3, -0.25) is 4.79 Å². The fourth-order valence-electron chi connectivity index (χ4n) is 2.64. The van der Waals surface area contributed by atoms with E-state index in [1.165, 1.54) is 32.1 Å². The first-order valence-corrected chi connectivity index (χ1v) is 7.29. The number of rotatable bonds is 6. The Hall–Kier alpha value is -1.04. The normalized spacial score (nSPS) is 18.3. The van der Waals surface area contributed by atoms with Gasteiger partial charge in [-0.2, -0.15) is 5.26 Å². The summed E-state index contributed by atoms with van der Waals surface area (Å²) >= 11 is 0. The van der Waals surface area contributed by atoms with Crippen molar-refractivity contribution in [2.75, 3.05) is 6.54 Å². The van der Waals surface area contributed by atoms with E-state index in [1.54, 1.807) is 0 Å². The van der Waals surface area contributed by atoms with Gasteiger partial charge < -0.3 is 5.32 Å². The Bertz CT molecular complexity index is 287. The van der Waals surface area contributed by atoms with Crippen LogP contribution in [0.3, 0.4) is 0 Å². The van der Waals surface area contributed by atoms with Crippen molar-refractivity contribution in [3.05, 3.63) is 0 Å². The fraction of sp³-hybridized carbons (Fsp3) is 0.867. The minimum Gasteiger partial charge on any atom is -0.356 e. The first-order valence-electron chi connectivity index (χ1n) is 7.29. The molecule has 0 aromatic heterocycles. The predicted octanol–water partition coefficient (Wildman–Crippen LogP) is 3.26. The largest absolute Gasteiger partial charge is 0.356 e. The number of nitrogens with zero attached hydrogens (tertiary/aromatic N) is 1. The number of carbonyl (C=O) groups is 1. The van der Waals surface area contributed by atoms with Crippen molar-refractivity contribution < 1.29 is 4.79 Å². The van der Waals surface area contributed by atoms with Crippen LogP contribution in [0, 0.1) is 29.1 Å². The van der Waals surface area contributed by atoms with Crippen LogP contribution in [0.25, 0.3) is 0 Å². The second kappa shape index (κ2) is 8.13. The van der Waals surface area contributed by atoms with E-state index in [9.17, 15) is 10.1 Å². The van der Waals surface area contributed by atoms with Gasteiger partial charge >= 0.3 is 0 Å². The summed E-state index contributed by atoms with van der Waals surface area (Å²) in [5.74, 6) is 1.19. The Morgan fingerprint density at radius 2 is 2.00 bits per heavy atom. The third-order valence-electron chi connectivity index (χ3n) is 3.77. The summed E-state index contributed by atoms with van der Waals surface area (Å²) in [7, 11) is 0. The lowest BCUT2D eigenvalue weighted by Crippen LogP contribution is -2.28. The van der Waals surface area contributed by atoms with Gasteiger partial charge in [-0.15, -0.1) is 0 Å². The zero-order valence-electron chi connectivity index (χ0n) is 11.7. The van der Waals surface area contributed by atoms with Crippen LogP contribution < -0.4 is 5.32 Å². The van der Waals surface area contributed by atoms with Crippen LogP contribution in [0.15, 0.2) is 0 Å². The van der Waals surface area contributed by atoms with E-state index in [4.69, 9.17) is 0 Å². The van der Waals surface area contributed by atoms with Crippen LogP contribution >= 0.6 is 0 Å². The molecule has 18 heavy (non-hydrogen) atoms. The first kappa shape index (κ1) is 15.0. The zero-order chi connectivity index (χ0) is 13.4. The molecule has 1 amide bonds. The van der Waals surface area contributed by atoms with Crippen LogP contribution in [0.5, 0.6) is 0 Å². The Kier molecular flexibility index (Phi) is 6.78. The van der Waals surface area contributed by atoms with Gasteiger partial charge in [0.05, 0.1) is 6.07 Å². The van der Waals surface area contributed by atoms with Gasteiger partial charge in [0.1, 0.15) is 0 Å². The SMILES string of the molecule is CC(C)CNC(=O)CCC(C#N)C1CCCCC1. The highest BCUT2D eigenvalue weighted by molar-refractivity contribution is 5.75. The van der Waals surface area contributed by atoms with Crippen molar-refractivity contribution in [2.45, 2.75) is 58.8 Å². The third kappa shape index (κ3) is 5.53. The average molecular weight is 250 g/mol. The molecular formula is C15H26N2O. The molecule has 102 valence electrons. The predicted molar refractivity (Wildman–Crippen MR) is 72.8 cm³/mol. The number of carbonyl (C=O) groups excluding carboxylic acids is 1. The summed E-state index contributed by atoms with van der Waals surface area (Å²) in [6.45, 7) is 4.90. The van der Waals surface area contributed by atoms with E-state index in [-0.39, 0.29) is 11.8 Å². The van der Waals surface area contributed by atoms with Gasteiger partial charge in [0, 0.05) is 18.9 Å². The van der Waals surface area contributed by atoms with E-state index >= 15 is 0 Å². The van der Waals surface area contributed by atoms with Crippen LogP contribution in [0.2, 0.25) is 0 Å². The number of amides is 1. The zero-order valence-corrected chi connectivity index (χ0v) is 11.7. The highest BCUT2D eigenvalue weighted by atomic mass is 16.1. The van der Waals surface area contributed by atoms with E-state index in [0.717, 1.165) is 13.0 Å². The molecule has 0 bridgehead atoms. The second-order valence-corrected chi connectivity index (χ2v) is 5.87. The molecule has 0 spiro atoms. The van der Waals surface area contributed by atoms with Gasteiger partial charge in [-0.05, 0) is 31.1 Å². The van der Waals surface area contributed by atoms with Crippen molar-refractivity contribution in [2.24, 2.45) is 17.8 Å². The van der Waals surface area contributed by atoms with Crippen molar-refractivity contribution in [1.29, 1.82) is 5.26 Å². The average Bonchev–Trinajstić information content (AvgIpc) is 2.38. The molecule has 0 aromatic rings. The minimum atomic E-state index is 0.0788. The standard InChI is InChI=1S/C15H26N2O/c1-12(2)11-17-15(18)9-8-14(10-16)13-6-4-3-5-7-13/h12-14H,3-9,11H2,1-2H3,(H,17,18). The quantitative estimate of drug-likeness (QED) is 0.786. The Morgan fingerprint density at radius 1 is 1.33 bits per heavy atom. The summed E-state index contributed by atoms with van der Waals surface area (Å²) in [4.78, 5) is 11.6. The molecule has 1 aliphatic carbocycles. The molecule has 1 saturated carbocycles. The van der Waals surface area contributed by atoms with E-state index < -0.39 is 0 Å². The maximum absolute atomic E-state index is 11.6. The number of hydrogen-bond acceptors (Lipinski definition) is 2. The molecule has 1 N–H and O–H groups in total. The number of nitrogens with one attached hydrogen (secondary N) is 1. The van der Waals surface area contributed by atoms with Crippen molar-refractivity contribution in [3.8, 4) is 6.07 Å². The highest BCUT2D eigenvalue weighted by Crippen LogP contribution is 2.31. The van der Waals surface area contributed by atoms with Gasteiger partial charge in [0.2, 0.25) is 5.91 Å². The monoisotopic (exact) mass is 250 g/mol. The Labute approximate surface area is 111 Å². The van der Waals surface area contributed by atoms with Gasteiger partial charge in [-0.1, -0.05) is 33.1 Å². The molecule has 0 radical (unpaired) electrons. The Morgan fingerprint density at radius 3 is 2.56 bits per heavy atom. The lowest BCUT2D eigenvalue weighted by Gasteiger charge is -2.25. The van der Waals surface area contributed by atoms with Crippen LogP contribution in [-0.2, 0) is 4.79 Å². The van der Waals surface area contributed by atoms with Crippen molar-refractivity contribution >= 4 is 5.91 Å². The molecule has 3 nitrogen and oxygen atoms in total. The maximum atomic E-state index is 11.6. The molecule has 3 heteroatoms. The van der Waals surface area contributed by atoms with Crippen molar-refractivity contribution in [1.82, 2.24) is 5.32 Å². The maximum Gasteiger partial charge on any atom is 0.220 e. The molecule has 0 heterocycles. The van der Waals surface area contributed by atoms with Crippen LogP contribution in [0.1, 0.15) is 58.8 Å². The molecule has 1 atom stereocenters. The van der Waals surface area contributed by atoms with E-state index in [0.29, 0.717) is 18.3 Å². The lowest BCUT2D eigenvalue weighted by atomic mass is 9.79. The summed E-state index contributed by atoms with van der Waals surface area (Å²) in [6.07, 6.45) is 7.39. The highest BCUT2D eigenvalue weighted by Gasteiger charge is 2.23. The lowest BCUT2D eigenvalue weighted by molar-refractivity contribution is -0.121. The first-order chi connectivity index (χ1) is 8.63.